The summed E-state index contributed by atoms with van der Waals surface area (Å²) in [5.41, 5.74) is 3.18. The molecule has 4 fully saturated rings. The smallest absolute Gasteiger partial charge is 0.230 e. The molecule has 1 aliphatic heterocycles. The Morgan fingerprint density at radius 1 is 1.04 bits per heavy atom. The predicted octanol–water partition coefficient (Wildman–Crippen LogP) is 0.262. The number of amides is 1. The van der Waals surface area contributed by atoms with Crippen LogP contribution in [-0.4, -0.2) is 129 Å². The fraction of sp³-hybridized carbons (Fsp3) is 0.636. The van der Waals surface area contributed by atoms with E-state index < -0.39 is 58.7 Å². The quantitative estimate of drug-likeness (QED) is 0.216. The molecule has 1 heterocycles. The molecule has 1 amide bonds. The van der Waals surface area contributed by atoms with Crippen LogP contribution in [-0.2, 0) is 20.8 Å². The zero-order valence-corrected chi connectivity index (χ0v) is 25.9. The largest absolute Gasteiger partial charge is 0.507 e. The van der Waals surface area contributed by atoms with Crippen molar-refractivity contribution in [1.82, 2.24) is 14.7 Å². The molecule has 6 atom stereocenters. The zero-order chi connectivity index (χ0) is 32.4. The number of primary amides is 1. The van der Waals surface area contributed by atoms with Crippen molar-refractivity contribution in [3.63, 3.8) is 0 Å². The maximum absolute atomic E-state index is 14.0. The molecule has 45 heavy (non-hydrogen) atoms. The van der Waals surface area contributed by atoms with Crippen molar-refractivity contribution >= 4 is 29.0 Å². The number of fused-ring (bicyclic) bond motifs is 3. The highest BCUT2D eigenvalue weighted by atomic mass is 16.3. The molecule has 2 unspecified atom stereocenters. The van der Waals surface area contributed by atoms with E-state index in [0.717, 1.165) is 26.2 Å². The number of piperazine rings is 1. The number of phenolic OH excluding ortho intramolecular Hbond substituents is 1. The molecule has 5 aliphatic rings. The van der Waals surface area contributed by atoms with Crippen LogP contribution in [0.3, 0.4) is 0 Å². The fourth-order valence-electron chi connectivity index (χ4n) is 8.89. The summed E-state index contributed by atoms with van der Waals surface area (Å²) >= 11 is 0. The van der Waals surface area contributed by atoms with E-state index in [2.05, 4.69) is 9.80 Å². The number of hydrogen-bond acceptors (Lipinski definition) is 11. The van der Waals surface area contributed by atoms with Crippen molar-refractivity contribution in [3.05, 3.63) is 34.4 Å². The standard InChI is InChI=1S/C33H44N4O8/c1-35(2)27-21-15-17-14-20-19(23(39)16-36-10-12-37(13-11-36)18-6-4-3-5-7-18)8-9-22(38)25(20)28(40)24(17)30(42)33(21,45)31(43)26(29(27)41)32(34)44/h8-9,17-18,21,26-27,29,38,40-41,45H,3-7,10-16H2,1-2H3,(H2,34,44)/t17-,21-,26?,27-,29?,33-/m0/s1. The molecule has 6 N–H and O–H groups in total. The van der Waals surface area contributed by atoms with E-state index in [1.807, 2.05) is 0 Å². The summed E-state index contributed by atoms with van der Waals surface area (Å²) in [6.45, 7) is 3.52. The summed E-state index contributed by atoms with van der Waals surface area (Å²) in [7, 11) is 3.21. The summed E-state index contributed by atoms with van der Waals surface area (Å²) in [6, 6.07) is 2.50. The second kappa shape index (κ2) is 11.9. The molecule has 0 radical (unpaired) electrons. The Kier molecular flexibility index (Phi) is 8.40. The van der Waals surface area contributed by atoms with E-state index >= 15 is 0 Å². The molecule has 6 rings (SSSR count). The molecule has 1 aromatic rings. The molecule has 12 nitrogen and oxygen atoms in total. The first-order valence-corrected chi connectivity index (χ1v) is 16.1. The minimum atomic E-state index is -2.71. The molecule has 244 valence electrons. The first kappa shape index (κ1) is 31.8. The van der Waals surface area contributed by atoms with Gasteiger partial charge in [-0.25, -0.2) is 0 Å². The van der Waals surface area contributed by atoms with E-state index in [4.69, 9.17) is 5.73 Å². The Labute approximate surface area is 262 Å². The topological polar surface area (TPSA) is 185 Å². The lowest BCUT2D eigenvalue weighted by atomic mass is 9.54. The van der Waals surface area contributed by atoms with Gasteiger partial charge in [0.15, 0.2) is 17.2 Å². The average molecular weight is 625 g/mol. The van der Waals surface area contributed by atoms with Gasteiger partial charge < -0.3 is 31.1 Å². The van der Waals surface area contributed by atoms with Crippen LogP contribution in [0.1, 0.15) is 60.0 Å². The van der Waals surface area contributed by atoms with Crippen LogP contribution in [0.15, 0.2) is 17.7 Å². The van der Waals surface area contributed by atoms with Gasteiger partial charge in [-0.05, 0) is 63.4 Å². The van der Waals surface area contributed by atoms with Crippen molar-refractivity contribution in [1.29, 1.82) is 0 Å². The summed E-state index contributed by atoms with van der Waals surface area (Å²) in [5.74, 6) is -8.17. The van der Waals surface area contributed by atoms with Gasteiger partial charge in [0.2, 0.25) is 11.7 Å². The van der Waals surface area contributed by atoms with Crippen LogP contribution in [0, 0.1) is 17.8 Å². The highest BCUT2D eigenvalue weighted by molar-refractivity contribution is 6.25. The van der Waals surface area contributed by atoms with Gasteiger partial charge in [-0.3, -0.25) is 29.0 Å². The van der Waals surface area contributed by atoms with E-state index in [1.54, 1.807) is 25.1 Å². The van der Waals surface area contributed by atoms with Crippen molar-refractivity contribution in [3.8, 4) is 5.75 Å². The van der Waals surface area contributed by atoms with Crippen molar-refractivity contribution in [2.24, 2.45) is 23.5 Å². The number of aliphatic hydroxyl groups excluding tert-OH is 2. The number of aromatic hydroxyl groups is 1. The molecule has 4 aliphatic carbocycles. The molecular formula is C33H44N4O8. The third-order valence-corrected chi connectivity index (χ3v) is 11.1. The molecule has 1 saturated heterocycles. The normalized spacial score (nSPS) is 33.1. The van der Waals surface area contributed by atoms with Gasteiger partial charge in [0.1, 0.15) is 17.4 Å². The Bertz CT molecular complexity index is 1440. The van der Waals surface area contributed by atoms with Crippen molar-refractivity contribution < 1.29 is 39.6 Å². The number of nitrogens with two attached hydrogens (primary N) is 1. The lowest BCUT2D eigenvalue weighted by Crippen LogP contribution is -2.73. The molecule has 1 aromatic carbocycles. The number of carbonyl (C=O) groups is 4. The van der Waals surface area contributed by atoms with Crippen LogP contribution in [0.5, 0.6) is 5.75 Å². The van der Waals surface area contributed by atoms with Crippen LogP contribution >= 0.6 is 0 Å². The first-order valence-electron chi connectivity index (χ1n) is 16.1. The first-order chi connectivity index (χ1) is 21.4. The van der Waals surface area contributed by atoms with E-state index in [0.29, 0.717) is 17.2 Å². The number of ketones is 3. The van der Waals surface area contributed by atoms with E-state index in [-0.39, 0.29) is 42.1 Å². The maximum Gasteiger partial charge on any atom is 0.230 e. The predicted molar refractivity (Wildman–Crippen MR) is 163 cm³/mol. The average Bonchev–Trinajstić information content (AvgIpc) is 2.99. The van der Waals surface area contributed by atoms with Crippen LogP contribution < -0.4 is 5.73 Å². The lowest BCUT2D eigenvalue weighted by molar-refractivity contribution is -0.184. The number of aliphatic hydroxyl groups is 3. The van der Waals surface area contributed by atoms with Gasteiger partial charge in [0.25, 0.3) is 0 Å². The highest BCUT2D eigenvalue weighted by Gasteiger charge is 2.67. The summed E-state index contributed by atoms with van der Waals surface area (Å²) in [6.07, 6.45) is 4.85. The number of carbonyl (C=O) groups excluding carboxylic acids is 4. The zero-order valence-electron chi connectivity index (χ0n) is 25.9. The number of likely N-dealkylation sites (N-methyl/N-ethyl adjacent to an activating group) is 1. The number of nitrogens with zero attached hydrogens (tertiary/aromatic N) is 3. The van der Waals surface area contributed by atoms with E-state index in [9.17, 15) is 39.6 Å². The third kappa shape index (κ3) is 5.11. The lowest BCUT2D eigenvalue weighted by Gasteiger charge is -2.53. The van der Waals surface area contributed by atoms with Gasteiger partial charge in [0, 0.05) is 55.3 Å². The Balaban J connectivity index is 1.29. The van der Waals surface area contributed by atoms with Gasteiger partial charge in [0.05, 0.1) is 18.2 Å². The third-order valence-electron chi connectivity index (χ3n) is 11.1. The number of phenols is 1. The Morgan fingerprint density at radius 2 is 1.71 bits per heavy atom. The number of hydrogen-bond donors (Lipinski definition) is 5. The maximum atomic E-state index is 14.0. The SMILES string of the molecule is CN(C)[C@@H]1C(O)C(C(N)=O)C(=O)[C@@]2(O)C(=O)C3=C(O)c4c(O)ccc(C(=O)CN5CCN(C6CCCCC6)CC5)c4C[C@H]3C[C@@H]12. The van der Waals surface area contributed by atoms with E-state index in [1.165, 1.54) is 38.2 Å². The molecule has 0 spiro atoms. The van der Waals surface area contributed by atoms with Gasteiger partial charge >= 0.3 is 0 Å². The summed E-state index contributed by atoms with van der Waals surface area (Å²) in [5, 5.41) is 45.1. The molecule has 0 aromatic heterocycles. The van der Waals surface area contributed by atoms with Crippen LogP contribution in [0.4, 0.5) is 0 Å². The molecule has 3 saturated carbocycles. The monoisotopic (exact) mass is 624 g/mol. The van der Waals surface area contributed by atoms with Gasteiger partial charge in [-0.1, -0.05) is 19.3 Å². The van der Waals surface area contributed by atoms with Crippen molar-refractivity contribution in [2.75, 3.05) is 46.8 Å². The second-order valence-corrected chi connectivity index (χ2v) is 13.8. The molecule has 0 bridgehead atoms. The highest BCUT2D eigenvalue weighted by Crippen LogP contribution is 2.52. The summed E-state index contributed by atoms with van der Waals surface area (Å²) < 4.78 is 0. The number of benzene rings is 1. The second-order valence-electron chi connectivity index (χ2n) is 13.8. The van der Waals surface area contributed by atoms with Gasteiger partial charge in [-0.15, -0.1) is 0 Å². The molecule has 12 heteroatoms. The number of rotatable bonds is 6. The Hall–Kier alpha value is -3.16. The van der Waals surface area contributed by atoms with Gasteiger partial charge in [-0.2, -0.15) is 0 Å². The summed E-state index contributed by atoms with van der Waals surface area (Å²) in [4.78, 5) is 59.7. The Morgan fingerprint density at radius 3 is 2.33 bits per heavy atom. The van der Waals surface area contributed by atoms with Crippen LogP contribution in [0.25, 0.3) is 5.76 Å². The van der Waals surface area contributed by atoms with Crippen LogP contribution in [0.2, 0.25) is 0 Å². The van der Waals surface area contributed by atoms with Crippen molar-refractivity contribution in [2.45, 2.75) is 68.7 Å². The minimum Gasteiger partial charge on any atom is -0.507 e. The molecular weight excluding hydrogens is 580 g/mol. The number of Topliss-reactive ketones (excluding diaryl/α,β-unsaturated/α-hetero) is 3. The fourth-order valence-corrected chi connectivity index (χ4v) is 8.89. The minimum absolute atomic E-state index is 0.00458.